The summed E-state index contributed by atoms with van der Waals surface area (Å²) in [6.45, 7) is 2.02. The van der Waals surface area contributed by atoms with Gasteiger partial charge in [0.05, 0.1) is 6.61 Å². The number of aliphatic hydroxyl groups excluding tert-OH is 1. The molecule has 1 aromatic heterocycles. The molecule has 0 aliphatic rings. The van der Waals surface area contributed by atoms with Gasteiger partial charge in [-0.1, -0.05) is 0 Å². The summed E-state index contributed by atoms with van der Waals surface area (Å²) in [5, 5.41) is 16.2. The number of aryl methyl sites for hydroxylation is 1. The Labute approximate surface area is 111 Å². The van der Waals surface area contributed by atoms with Crippen molar-refractivity contribution < 1.29 is 9.90 Å². The van der Waals surface area contributed by atoms with Crippen LogP contribution in [0.15, 0.2) is 16.8 Å². The quantitative estimate of drug-likeness (QED) is 0.798. The van der Waals surface area contributed by atoms with E-state index in [1.54, 1.807) is 23.1 Å². The zero-order chi connectivity index (χ0) is 12.7. The molecule has 17 heavy (non-hydrogen) atoms. The van der Waals surface area contributed by atoms with Crippen LogP contribution in [0.4, 0.5) is 0 Å². The molecule has 96 valence electrons. The minimum Gasteiger partial charge on any atom is -0.395 e. The number of aliphatic hydroxyl groups is 1. The summed E-state index contributed by atoms with van der Waals surface area (Å²) in [5.41, 5.74) is 1.21. The lowest BCUT2D eigenvalue weighted by Gasteiger charge is -2.21. The molecule has 3 nitrogen and oxygen atoms in total. The van der Waals surface area contributed by atoms with Crippen molar-refractivity contribution in [3.05, 3.63) is 22.4 Å². The van der Waals surface area contributed by atoms with Crippen LogP contribution in [0.2, 0.25) is 0 Å². The van der Waals surface area contributed by atoms with Gasteiger partial charge >= 0.3 is 0 Å². The maximum Gasteiger partial charge on any atom is 0.220 e. The summed E-state index contributed by atoms with van der Waals surface area (Å²) in [5.74, 6) is 0.0520. The van der Waals surface area contributed by atoms with Crippen molar-refractivity contribution in [3.8, 4) is 0 Å². The topological polar surface area (TPSA) is 49.3 Å². The summed E-state index contributed by atoms with van der Waals surface area (Å²) in [6, 6.07) is 2.05. The number of thioether (sulfide) groups is 1. The first-order valence-corrected chi connectivity index (χ1v) is 7.84. The van der Waals surface area contributed by atoms with Gasteiger partial charge < -0.3 is 10.4 Å². The number of hydrogen-bond donors (Lipinski definition) is 2. The Hall–Kier alpha value is -0.520. The molecule has 1 rings (SSSR count). The van der Waals surface area contributed by atoms with Gasteiger partial charge in [0.2, 0.25) is 5.91 Å². The third-order valence-corrected chi connectivity index (χ3v) is 4.54. The standard InChI is InChI=1S/C12H19NO2S2/c1-9(11(7-14)16-2)13-12(15)4-3-10-5-6-17-8-10/h5-6,8-9,11,14H,3-4,7H2,1-2H3,(H,13,15). The Morgan fingerprint density at radius 2 is 2.41 bits per heavy atom. The first-order valence-electron chi connectivity index (χ1n) is 5.61. The molecule has 1 amide bonds. The van der Waals surface area contributed by atoms with E-state index >= 15 is 0 Å². The van der Waals surface area contributed by atoms with Crippen LogP contribution in [0, 0.1) is 0 Å². The van der Waals surface area contributed by atoms with Crippen molar-refractivity contribution in [2.24, 2.45) is 0 Å². The summed E-state index contributed by atoms with van der Waals surface area (Å²) in [4.78, 5) is 11.7. The average molecular weight is 273 g/mol. The van der Waals surface area contributed by atoms with Crippen LogP contribution in [0.25, 0.3) is 0 Å². The van der Waals surface area contributed by atoms with Gasteiger partial charge in [0.25, 0.3) is 0 Å². The smallest absolute Gasteiger partial charge is 0.220 e. The SMILES string of the molecule is CSC(CO)C(C)NC(=O)CCc1ccsc1. The van der Waals surface area contributed by atoms with Crippen LogP contribution in [0.5, 0.6) is 0 Å². The largest absolute Gasteiger partial charge is 0.395 e. The van der Waals surface area contributed by atoms with Crippen LogP contribution in [-0.4, -0.2) is 35.2 Å². The second-order valence-corrected chi connectivity index (χ2v) is 5.80. The van der Waals surface area contributed by atoms with Gasteiger partial charge in [-0.05, 0) is 42.0 Å². The van der Waals surface area contributed by atoms with Gasteiger partial charge in [0.15, 0.2) is 0 Å². The number of thiophene rings is 1. The highest BCUT2D eigenvalue weighted by atomic mass is 32.2. The Bertz CT molecular complexity index is 323. The van der Waals surface area contributed by atoms with Crippen LogP contribution >= 0.6 is 23.1 Å². The number of amides is 1. The van der Waals surface area contributed by atoms with Crippen molar-refractivity contribution in [1.82, 2.24) is 5.32 Å². The highest BCUT2D eigenvalue weighted by molar-refractivity contribution is 7.99. The maximum atomic E-state index is 11.7. The molecule has 1 heterocycles. The molecule has 0 aliphatic heterocycles. The molecule has 0 bridgehead atoms. The Morgan fingerprint density at radius 3 is 2.94 bits per heavy atom. The molecule has 2 atom stereocenters. The fourth-order valence-corrected chi connectivity index (χ4v) is 2.88. The lowest BCUT2D eigenvalue weighted by molar-refractivity contribution is -0.121. The van der Waals surface area contributed by atoms with Gasteiger partial charge in [-0.25, -0.2) is 0 Å². The highest BCUT2D eigenvalue weighted by Gasteiger charge is 2.16. The van der Waals surface area contributed by atoms with Gasteiger partial charge in [-0.3, -0.25) is 4.79 Å². The van der Waals surface area contributed by atoms with Gasteiger partial charge in [0.1, 0.15) is 0 Å². The normalized spacial score (nSPS) is 14.3. The molecular formula is C12H19NO2S2. The van der Waals surface area contributed by atoms with Gasteiger partial charge in [-0.15, -0.1) is 0 Å². The van der Waals surface area contributed by atoms with Crippen molar-refractivity contribution >= 4 is 29.0 Å². The third-order valence-electron chi connectivity index (χ3n) is 2.65. The van der Waals surface area contributed by atoms with Crippen LogP contribution in [0.3, 0.4) is 0 Å². The van der Waals surface area contributed by atoms with E-state index in [2.05, 4.69) is 10.7 Å². The summed E-state index contributed by atoms with van der Waals surface area (Å²) >= 11 is 3.22. The van der Waals surface area contributed by atoms with E-state index in [9.17, 15) is 4.79 Å². The molecule has 0 saturated heterocycles. The minimum atomic E-state index is 0.00461. The molecule has 5 heteroatoms. The monoisotopic (exact) mass is 273 g/mol. The number of hydrogen-bond acceptors (Lipinski definition) is 4. The summed E-state index contributed by atoms with van der Waals surface area (Å²) < 4.78 is 0. The molecule has 0 saturated carbocycles. The van der Waals surface area contributed by atoms with Crippen LogP contribution in [-0.2, 0) is 11.2 Å². The second-order valence-electron chi connectivity index (χ2n) is 3.94. The Balaban J connectivity index is 2.29. The van der Waals surface area contributed by atoms with Crippen molar-refractivity contribution in [2.75, 3.05) is 12.9 Å². The van der Waals surface area contributed by atoms with E-state index in [1.807, 2.05) is 24.6 Å². The van der Waals surface area contributed by atoms with E-state index in [0.717, 1.165) is 6.42 Å². The lowest BCUT2D eigenvalue weighted by Crippen LogP contribution is -2.41. The fourth-order valence-electron chi connectivity index (χ4n) is 1.55. The summed E-state index contributed by atoms with van der Waals surface area (Å²) in [7, 11) is 0. The lowest BCUT2D eigenvalue weighted by atomic mass is 10.1. The second kappa shape index (κ2) is 7.74. The molecule has 0 spiro atoms. The number of rotatable bonds is 7. The first kappa shape index (κ1) is 14.5. The van der Waals surface area contributed by atoms with E-state index in [1.165, 1.54) is 5.56 Å². The molecular weight excluding hydrogens is 254 g/mol. The van der Waals surface area contributed by atoms with Crippen molar-refractivity contribution in [2.45, 2.75) is 31.1 Å². The predicted octanol–water partition coefficient (Wildman–Crippen LogP) is 1.91. The molecule has 0 fully saturated rings. The van der Waals surface area contributed by atoms with E-state index in [-0.39, 0.29) is 23.8 Å². The summed E-state index contributed by atoms with van der Waals surface area (Å²) in [6.07, 6.45) is 3.23. The average Bonchev–Trinajstić information content (AvgIpc) is 2.81. The maximum absolute atomic E-state index is 11.7. The Morgan fingerprint density at radius 1 is 1.65 bits per heavy atom. The predicted molar refractivity (Wildman–Crippen MR) is 74.6 cm³/mol. The van der Waals surface area contributed by atoms with Crippen molar-refractivity contribution in [1.29, 1.82) is 0 Å². The molecule has 0 aromatic carbocycles. The fraction of sp³-hybridized carbons (Fsp3) is 0.583. The Kier molecular flexibility index (Phi) is 6.62. The van der Waals surface area contributed by atoms with Crippen molar-refractivity contribution in [3.63, 3.8) is 0 Å². The molecule has 2 N–H and O–H groups in total. The molecule has 2 unspecified atom stereocenters. The molecule has 0 aliphatic carbocycles. The third kappa shape index (κ3) is 5.10. The first-order chi connectivity index (χ1) is 8.17. The number of carbonyl (C=O) groups is 1. The van der Waals surface area contributed by atoms with Crippen LogP contribution in [0.1, 0.15) is 18.9 Å². The zero-order valence-corrected chi connectivity index (χ0v) is 11.8. The van der Waals surface area contributed by atoms with E-state index < -0.39 is 0 Å². The van der Waals surface area contributed by atoms with Crippen LogP contribution < -0.4 is 5.32 Å². The minimum absolute atomic E-state index is 0.00461. The number of carbonyl (C=O) groups excluding carboxylic acids is 1. The molecule has 0 radical (unpaired) electrons. The van der Waals surface area contributed by atoms with E-state index in [0.29, 0.717) is 6.42 Å². The molecule has 1 aromatic rings. The van der Waals surface area contributed by atoms with Gasteiger partial charge in [0, 0.05) is 17.7 Å². The zero-order valence-electron chi connectivity index (χ0n) is 10.2. The van der Waals surface area contributed by atoms with E-state index in [4.69, 9.17) is 5.11 Å². The highest BCUT2D eigenvalue weighted by Crippen LogP contribution is 2.11. The number of nitrogens with one attached hydrogen (secondary N) is 1. The van der Waals surface area contributed by atoms with Gasteiger partial charge in [-0.2, -0.15) is 23.1 Å².